The predicted molar refractivity (Wildman–Crippen MR) is 85.2 cm³/mol. The van der Waals surface area contributed by atoms with Crippen LogP contribution in [0.4, 0.5) is 5.69 Å². The summed E-state index contributed by atoms with van der Waals surface area (Å²) < 4.78 is 2.86. The minimum atomic E-state index is 0.0498. The zero-order valence-electron chi connectivity index (χ0n) is 11.4. The van der Waals surface area contributed by atoms with Gasteiger partial charge in [0.25, 0.3) is 5.56 Å². The Kier molecular flexibility index (Phi) is 3.66. The fourth-order valence-electron chi connectivity index (χ4n) is 2.80. The second kappa shape index (κ2) is 5.44. The monoisotopic (exact) mass is 332 g/mol. The summed E-state index contributed by atoms with van der Waals surface area (Å²) in [6, 6.07) is 10.3. The van der Waals surface area contributed by atoms with Crippen LogP contribution in [0.1, 0.15) is 30.5 Å². The minimum absolute atomic E-state index is 0.0498. The molecule has 1 unspecified atom stereocenters. The van der Waals surface area contributed by atoms with E-state index < -0.39 is 0 Å². The summed E-state index contributed by atoms with van der Waals surface area (Å²) >= 11 is 3.52. The molecule has 0 radical (unpaired) electrons. The second-order valence-corrected chi connectivity index (χ2v) is 6.04. The number of benzene rings is 1. The predicted octanol–water partition coefficient (Wildman–Crippen LogP) is 3.73. The Balaban J connectivity index is 1.85. The number of aryl methyl sites for hydroxylation is 2. The van der Waals surface area contributed by atoms with Crippen LogP contribution in [-0.2, 0) is 13.0 Å². The van der Waals surface area contributed by atoms with Gasteiger partial charge in [-0.3, -0.25) is 4.79 Å². The van der Waals surface area contributed by atoms with E-state index in [0.29, 0.717) is 12.6 Å². The number of nitrogens with zero attached hydrogens (tertiary/aromatic N) is 1. The maximum atomic E-state index is 11.6. The SMILES string of the molecule is CCn1cc(NC2CCc3cc(Br)ccc32)ccc1=O. The first-order valence-corrected chi connectivity index (χ1v) is 7.72. The van der Waals surface area contributed by atoms with Crippen molar-refractivity contribution < 1.29 is 0 Å². The number of halogens is 1. The van der Waals surface area contributed by atoms with E-state index in [0.717, 1.165) is 23.0 Å². The Labute approximate surface area is 126 Å². The molecule has 3 nitrogen and oxygen atoms in total. The molecule has 0 aliphatic heterocycles. The van der Waals surface area contributed by atoms with Crippen LogP contribution in [0, 0.1) is 0 Å². The quantitative estimate of drug-likeness (QED) is 0.929. The fraction of sp³-hybridized carbons (Fsp3) is 0.312. The standard InChI is InChI=1S/C16H17BrN2O/c1-2-19-10-13(5-8-16(19)20)18-15-7-3-11-9-12(17)4-6-14(11)15/h4-6,8-10,15,18H,2-3,7H2,1H3. The molecule has 0 bridgehead atoms. The molecule has 4 heteroatoms. The van der Waals surface area contributed by atoms with E-state index in [4.69, 9.17) is 0 Å². The topological polar surface area (TPSA) is 34.0 Å². The van der Waals surface area contributed by atoms with Crippen molar-refractivity contribution in [2.24, 2.45) is 0 Å². The van der Waals surface area contributed by atoms with Gasteiger partial charge in [0.15, 0.2) is 0 Å². The number of anilines is 1. The molecule has 1 N–H and O–H groups in total. The lowest BCUT2D eigenvalue weighted by Crippen LogP contribution is -2.18. The Morgan fingerprint density at radius 1 is 1.35 bits per heavy atom. The molecule has 1 aromatic carbocycles. The Morgan fingerprint density at radius 2 is 2.20 bits per heavy atom. The maximum absolute atomic E-state index is 11.6. The average Bonchev–Trinajstić information content (AvgIpc) is 2.83. The van der Waals surface area contributed by atoms with Crippen molar-refractivity contribution in [3.8, 4) is 0 Å². The first-order valence-electron chi connectivity index (χ1n) is 6.92. The van der Waals surface area contributed by atoms with Crippen LogP contribution in [0.15, 0.2) is 45.8 Å². The van der Waals surface area contributed by atoms with Gasteiger partial charge in [0.05, 0.1) is 11.7 Å². The molecule has 0 amide bonds. The molecule has 1 heterocycles. The van der Waals surface area contributed by atoms with E-state index in [9.17, 15) is 4.79 Å². The maximum Gasteiger partial charge on any atom is 0.250 e. The summed E-state index contributed by atoms with van der Waals surface area (Å²) in [6.07, 6.45) is 4.09. The van der Waals surface area contributed by atoms with Crippen molar-refractivity contribution in [3.05, 3.63) is 62.5 Å². The molecule has 1 aliphatic rings. The van der Waals surface area contributed by atoms with Gasteiger partial charge in [-0.1, -0.05) is 22.0 Å². The lowest BCUT2D eigenvalue weighted by molar-refractivity contribution is 0.718. The third-order valence-corrected chi connectivity index (χ3v) is 4.34. The second-order valence-electron chi connectivity index (χ2n) is 5.12. The number of fused-ring (bicyclic) bond motifs is 1. The van der Waals surface area contributed by atoms with Crippen molar-refractivity contribution in [3.63, 3.8) is 0 Å². The molecule has 1 atom stereocenters. The first-order chi connectivity index (χ1) is 9.67. The molecule has 0 saturated carbocycles. The highest BCUT2D eigenvalue weighted by Gasteiger charge is 2.22. The van der Waals surface area contributed by atoms with E-state index in [1.54, 1.807) is 10.6 Å². The number of hydrogen-bond acceptors (Lipinski definition) is 2. The Morgan fingerprint density at radius 3 is 3.00 bits per heavy atom. The molecule has 3 rings (SSSR count). The third kappa shape index (κ3) is 2.52. The van der Waals surface area contributed by atoms with E-state index in [1.807, 2.05) is 19.2 Å². The molecule has 104 valence electrons. The highest BCUT2D eigenvalue weighted by atomic mass is 79.9. The van der Waals surface area contributed by atoms with Gasteiger partial charge in [-0.05, 0) is 49.1 Å². The molecular weight excluding hydrogens is 316 g/mol. The van der Waals surface area contributed by atoms with Crippen LogP contribution in [0.25, 0.3) is 0 Å². The average molecular weight is 333 g/mol. The number of aromatic nitrogens is 1. The van der Waals surface area contributed by atoms with Gasteiger partial charge in [-0.25, -0.2) is 0 Å². The summed E-state index contributed by atoms with van der Waals surface area (Å²) in [5.74, 6) is 0. The third-order valence-electron chi connectivity index (χ3n) is 3.85. The van der Waals surface area contributed by atoms with E-state index in [2.05, 4.69) is 39.4 Å². The van der Waals surface area contributed by atoms with Crippen LogP contribution in [-0.4, -0.2) is 4.57 Å². The Hall–Kier alpha value is -1.55. The largest absolute Gasteiger partial charge is 0.377 e. The van der Waals surface area contributed by atoms with Crippen molar-refractivity contribution in [1.29, 1.82) is 0 Å². The van der Waals surface area contributed by atoms with Crippen LogP contribution in [0.2, 0.25) is 0 Å². The van der Waals surface area contributed by atoms with Gasteiger partial charge >= 0.3 is 0 Å². The summed E-state index contributed by atoms with van der Waals surface area (Å²) in [5, 5.41) is 3.54. The number of pyridine rings is 1. The minimum Gasteiger partial charge on any atom is -0.377 e. The van der Waals surface area contributed by atoms with Gasteiger partial charge in [0.2, 0.25) is 0 Å². The van der Waals surface area contributed by atoms with Gasteiger partial charge in [-0.2, -0.15) is 0 Å². The van der Waals surface area contributed by atoms with Crippen molar-refractivity contribution in [2.75, 3.05) is 5.32 Å². The van der Waals surface area contributed by atoms with Gasteiger partial charge in [0, 0.05) is 23.3 Å². The first kappa shape index (κ1) is 13.4. The lowest BCUT2D eigenvalue weighted by Gasteiger charge is -2.16. The highest BCUT2D eigenvalue weighted by Crippen LogP contribution is 2.35. The lowest BCUT2D eigenvalue weighted by atomic mass is 10.1. The van der Waals surface area contributed by atoms with Crippen molar-refractivity contribution in [1.82, 2.24) is 4.57 Å². The summed E-state index contributed by atoms with van der Waals surface area (Å²) in [5.41, 5.74) is 3.82. The molecule has 0 fully saturated rings. The van der Waals surface area contributed by atoms with Crippen LogP contribution in [0.5, 0.6) is 0 Å². The van der Waals surface area contributed by atoms with Crippen molar-refractivity contribution in [2.45, 2.75) is 32.4 Å². The normalized spacial score (nSPS) is 17.0. The van der Waals surface area contributed by atoms with Crippen LogP contribution in [0.3, 0.4) is 0 Å². The van der Waals surface area contributed by atoms with Gasteiger partial charge in [0.1, 0.15) is 0 Å². The zero-order valence-corrected chi connectivity index (χ0v) is 13.0. The molecule has 1 aromatic heterocycles. The van der Waals surface area contributed by atoms with Crippen molar-refractivity contribution >= 4 is 21.6 Å². The molecular formula is C16H17BrN2O. The van der Waals surface area contributed by atoms with Gasteiger partial charge < -0.3 is 9.88 Å². The van der Waals surface area contributed by atoms with E-state index in [-0.39, 0.29) is 5.56 Å². The van der Waals surface area contributed by atoms with E-state index >= 15 is 0 Å². The zero-order chi connectivity index (χ0) is 14.1. The van der Waals surface area contributed by atoms with Gasteiger partial charge in [-0.15, -0.1) is 0 Å². The Bertz CT molecular complexity index is 693. The number of nitrogens with one attached hydrogen (secondary N) is 1. The molecule has 20 heavy (non-hydrogen) atoms. The molecule has 0 saturated heterocycles. The summed E-state index contributed by atoms with van der Waals surface area (Å²) in [4.78, 5) is 11.6. The number of rotatable bonds is 3. The number of hydrogen-bond donors (Lipinski definition) is 1. The fourth-order valence-corrected chi connectivity index (χ4v) is 3.21. The van der Waals surface area contributed by atoms with Crippen LogP contribution < -0.4 is 10.9 Å². The van der Waals surface area contributed by atoms with Crippen LogP contribution >= 0.6 is 15.9 Å². The molecule has 2 aromatic rings. The molecule has 1 aliphatic carbocycles. The van der Waals surface area contributed by atoms with E-state index in [1.165, 1.54) is 11.1 Å². The summed E-state index contributed by atoms with van der Waals surface area (Å²) in [6.45, 7) is 2.68. The smallest absolute Gasteiger partial charge is 0.250 e. The summed E-state index contributed by atoms with van der Waals surface area (Å²) in [7, 11) is 0. The molecule has 0 spiro atoms. The highest BCUT2D eigenvalue weighted by molar-refractivity contribution is 9.10.